The summed E-state index contributed by atoms with van der Waals surface area (Å²) in [6.45, 7) is 0. The Kier molecular flexibility index (Phi) is 4.33. The van der Waals surface area contributed by atoms with Crippen LogP contribution < -0.4 is 16.4 Å². The van der Waals surface area contributed by atoms with E-state index in [4.69, 9.17) is 5.73 Å². The maximum atomic E-state index is 6.14. The van der Waals surface area contributed by atoms with Crippen molar-refractivity contribution in [2.24, 2.45) is 0 Å². The van der Waals surface area contributed by atoms with E-state index in [2.05, 4.69) is 48.2 Å². The number of anilines is 5. The molecule has 7 heteroatoms. The topological polar surface area (TPSA) is 88.8 Å². The summed E-state index contributed by atoms with van der Waals surface area (Å²) in [7, 11) is 0. The number of nitrogens with zero attached hydrogens (tertiary/aromatic N) is 3. The van der Waals surface area contributed by atoms with E-state index >= 15 is 0 Å². The minimum Gasteiger partial charge on any atom is -0.393 e. The first-order valence-corrected chi connectivity index (χ1v) is 7.60. The van der Waals surface area contributed by atoms with Gasteiger partial charge in [-0.1, -0.05) is 0 Å². The first-order chi connectivity index (χ1) is 10.7. The van der Waals surface area contributed by atoms with Crippen LogP contribution in [-0.2, 0) is 0 Å². The molecule has 0 amide bonds. The highest BCUT2D eigenvalue weighted by molar-refractivity contribution is 14.1. The van der Waals surface area contributed by atoms with E-state index in [1.54, 1.807) is 12.4 Å². The average Bonchev–Trinajstić information content (AvgIpc) is 2.54. The third kappa shape index (κ3) is 3.42. The van der Waals surface area contributed by atoms with Crippen molar-refractivity contribution in [3.05, 3.63) is 58.7 Å². The maximum absolute atomic E-state index is 6.14. The number of nitrogens with one attached hydrogen (secondary N) is 2. The molecule has 1 aromatic carbocycles. The van der Waals surface area contributed by atoms with Gasteiger partial charge < -0.3 is 16.4 Å². The van der Waals surface area contributed by atoms with Crippen molar-refractivity contribution in [1.82, 2.24) is 15.0 Å². The molecule has 2 aromatic heterocycles. The molecule has 110 valence electrons. The Labute approximate surface area is 141 Å². The van der Waals surface area contributed by atoms with Gasteiger partial charge in [0.25, 0.3) is 0 Å². The fourth-order valence-electron chi connectivity index (χ4n) is 1.84. The quantitative estimate of drug-likeness (QED) is 0.577. The Balaban J connectivity index is 1.84. The molecule has 0 spiro atoms. The average molecular weight is 404 g/mol. The molecule has 22 heavy (non-hydrogen) atoms. The lowest BCUT2D eigenvalue weighted by molar-refractivity contribution is 1.17. The molecule has 0 unspecified atom stereocenters. The van der Waals surface area contributed by atoms with Crippen molar-refractivity contribution in [3.63, 3.8) is 0 Å². The number of nitrogens with two attached hydrogens (primary N) is 1. The van der Waals surface area contributed by atoms with Crippen molar-refractivity contribution in [1.29, 1.82) is 0 Å². The van der Waals surface area contributed by atoms with Gasteiger partial charge in [-0.25, -0.2) is 9.97 Å². The zero-order valence-corrected chi connectivity index (χ0v) is 13.7. The molecule has 0 aliphatic carbocycles. The Bertz CT molecular complexity index is 761. The highest BCUT2D eigenvalue weighted by atomic mass is 127. The molecule has 0 fully saturated rings. The fraction of sp³-hybridized carbons (Fsp3) is 0. The third-order valence-corrected chi connectivity index (χ3v) is 3.63. The SMILES string of the molecule is Nc1c(Nc2ccc(I)cc2)ncnc1Nc1cccnc1. The van der Waals surface area contributed by atoms with E-state index in [0.29, 0.717) is 17.3 Å². The first-order valence-electron chi connectivity index (χ1n) is 6.52. The molecule has 3 rings (SSSR count). The van der Waals surface area contributed by atoms with Crippen LogP contribution in [0.2, 0.25) is 0 Å². The molecular weight excluding hydrogens is 391 g/mol. The molecule has 0 aliphatic heterocycles. The van der Waals surface area contributed by atoms with Crippen molar-refractivity contribution in [2.45, 2.75) is 0 Å². The second-order valence-electron chi connectivity index (χ2n) is 4.48. The van der Waals surface area contributed by atoms with Gasteiger partial charge in [0.1, 0.15) is 12.0 Å². The van der Waals surface area contributed by atoms with Crippen molar-refractivity contribution >= 4 is 51.3 Å². The van der Waals surface area contributed by atoms with Gasteiger partial charge in [-0.15, -0.1) is 0 Å². The highest BCUT2D eigenvalue weighted by Crippen LogP contribution is 2.27. The van der Waals surface area contributed by atoms with E-state index in [1.807, 2.05) is 36.4 Å². The number of aromatic nitrogens is 3. The molecule has 4 N–H and O–H groups in total. The van der Waals surface area contributed by atoms with Gasteiger partial charge in [0.15, 0.2) is 11.6 Å². The normalized spacial score (nSPS) is 10.2. The van der Waals surface area contributed by atoms with Crippen LogP contribution in [0.3, 0.4) is 0 Å². The monoisotopic (exact) mass is 404 g/mol. The van der Waals surface area contributed by atoms with E-state index in [-0.39, 0.29) is 0 Å². The van der Waals surface area contributed by atoms with E-state index < -0.39 is 0 Å². The molecule has 0 atom stereocenters. The van der Waals surface area contributed by atoms with Gasteiger partial charge in [0.2, 0.25) is 0 Å². The summed E-state index contributed by atoms with van der Waals surface area (Å²) in [6.07, 6.45) is 4.87. The molecule has 0 saturated heterocycles. The van der Waals surface area contributed by atoms with Gasteiger partial charge in [0, 0.05) is 15.5 Å². The number of rotatable bonds is 4. The molecule has 0 aliphatic rings. The van der Waals surface area contributed by atoms with Crippen LogP contribution in [0.25, 0.3) is 0 Å². The van der Waals surface area contributed by atoms with Gasteiger partial charge in [0.05, 0.1) is 11.9 Å². The van der Waals surface area contributed by atoms with E-state index in [1.165, 1.54) is 6.33 Å². The highest BCUT2D eigenvalue weighted by Gasteiger charge is 2.08. The van der Waals surface area contributed by atoms with Gasteiger partial charge in [-0.3, -0.25) is 4.98 Å². The number of benzene rings is 1. The van der Waals surface area contributed by atoms with Crippen LogP contribution in [-0.4, -0.2) is 15.0 Å². The number of halogens is 1. The number of hydrogen-bond acceptors (Lipinski definition) is 6. The van der Waals surface area contributed by atoms with Crippen LogP contribution in [0.5, 0.6) is 0 Å². The molecular formula is C15H13IN6. The lowest BCUT2D eigenvalue weighted by atomic mass is 10.3. The smallest absolute Gasteiger partial charge is 0.159 e. The Morgan fingerprint density at radius 2 is 1.59 bits per heavy atom. The molecule has 3 aromatic rings. The summed E-state index contributed by atoms with van der Waals surface area (Å²) in [6, 6.07) is 11.7. The number of nitrogen functional groups attached to an aromatic ring is 1. The van der Waals surface area contributed by atoms with Gasteiger partial charge >= 0.3 is 0 Å². The summed E-state index contributed by atoms with van der Waals surface area (Å²) in [5.74, 6) is 1.10. The Hall–Kier alpha value is -2.42. The van der Waals surface area contributed by atoms with Crippen LogP contribution in [0.1, 0.15) is 0 Å². The number of pyridine rings is 1. The van der Waals surface area contributed by atoms with E-state index in [9.17, 15) is 0 Å². The molecule has 0 bridgehead atoms. The zero-order valence-electron chi connectivity index (χ0n) is 11.5. The van der Waals surface area contributed by atoms with Crippen LogP contribution in [0.4, 0.5) is 28.7 Å². The van der Waals surface area contributed by atoms with Gasteiger partial charge in [-0.05, 0) is 59.0 Å². The summed E-state index contributed by atoms with van der Waals surface area (Å²) in [4.78, 5) is 12.4. The first kappa shape index (κ1) is 14.5. The lowest BCUT2D eigenvalue weighted by Gasteiger charge is -2.12. The zero-order chi connectivity index (χ0) is 15.4. The summed E-state index contributed by atoms with van der Waals surface area (Å²) in [5.41, 5.74) is 8.31. The minimum absolute atomic E-state index is 0.449. The minimum atomic E-state index is 0.449. The number of hydrogen-bond donors (Lipinski definition) is 3. The second kappa shape index (κ2) is 6.56. The predicted octanol–water partition coefficient (Wildman–Crippen LogP) is 3.55. The van der Waals surface area contributed by atoms with Gasteiger partial charge in [-0.2, -0.15) is 0 Å². The predicted molar refractivity (Wildman–Crippen MR) is 96.4 cm³/mol. The molecule has 0 radical (unpaired) electrons. The molecule has 6 nitrogen and oxygen atoms in total. The molecule has 0 saturated carbocycles. The summed E-state index contributed by atoms with van der Waals surface area (Å²) in [5, 5.41) is 6.32. The van der Waals surface area contributed by atoms with Crippen LogP contribution in [0, 0.1) is 3.57 Å². The Morgan fingerprint density at radius 3 is 2.23 bits per heavy atom. The van der Waals surface area contributed by atoms with Crippen molar-refractivity contribution in [2.75, 3.05) is 16.4 Å². The third-order valence-electron chi connectivity index (χ3n) is 2.92. The lowest BCUT2D eigenvalue weighted by Crippen LogP contribution is -2.05. The largest absolute Gasteiger partial charge is 0.393 e. The summed E-state index contributed by atoms with van der Waals surface area (Å²) >= 11 is 2.26. The van der Waals surface area contributed by atoms with E-state index in [0.717, 1.165) is 14.9 Å². The second-order valence-corrected chi connectivity index (χ2v) is 5.73. The molecule has 2 heterocycles. The van der Waals surface area contributed by atoms with Crippen molar-refractivity contribution in [3.8, 4) is 0 Å². The standard InChI is InChI=1S/C15H13IN6/c16-10-3-5-11(6-4-10)21-14-13(17)15(20-9-19-14)22-12-2-1-7-18-8-12/h1-9H,17H2,(H2,19,20,21,22). The maximum Gasteiger partial charge on any atom is 0.159 e. The van der Waals surface area contributed by atoms with Crippen LogP contribution in [0.15, 0.2) is 55.1 Å². The summed E-state index contributed by atoms with van der Waals surface area (Å²) < 4.78 is 1.16. The van der Waals surface area contributed by atoms with Crippen molar-refractivity contribution < 1.29 is 0 Å². The van der Waals surface area contributed by atoms with Crippen LogP contribution >= 0.6 is 22.6 Å². The Morgan fingerprint density at radius 1 is 0.909 bits per heavy atom. The fourth-order valence-corrected chi connectivity index (χ4v) is 2.20.